The molecule has 9 nitrogen and oxygen atoms in total. The number of hydrogen-bond donors (Lipinski definition) is 4. The largest absolute Gasteiger partial charge is 1.00 e. The van der Waals surface area contributed by atoms with Gasteiger partial charge in [0.25, 0.3) is 5.72 Å². The zero-order chi connectivity index (χ0) is 13.0. The average molecular weight is 278 g/mol. The number of rotatable bonds is 2. The average Bonchev–Trinajstić information content (AvgIpc) is 2.71. The van der Waals surface area contributed by atoms with Gasteiger partial charge in [-0.2, -0.15) is 9.48 Å². The molecule has 3 aliphatic rings. The van der Waals surface area contributed by atoms with Gasteiger partial charge >= 0.3 is 29.6 Å². The zero-order valence-electron chi connectivity index (χ0n) is 10.4. The number of nitrogens with two attached hydrogens (primary N) is 1. The quantitative estimate of drug-likeness (QED) is 0.293. The Morgan fingerprint density at radius 1 is 1.58 bits per heavy atom. The van der Waals surface area contributed by atoms with Crippen LogP contribution in [0, 0.1) is 0 Å². The van der Waals surface area contributed by atoms with Crippen LogP contribution in [0.15, 0.2) is 21.5 Å². The van der Waals surface area contributed by atoms with E-state index in [1.807, 2.05) is 0 Å². The molecule has 2 unspecified atom stereocenters. The maximum absolute atomic E-state index is 11.7. The number of hydrogen-bond acceptors (Lipinski definition) is 8. The van der Waals surface area contributed by atoms with Crippen molar-refractivity contribution in [3.05, 3.63) is 11.5 Å². The van der Waals surface area contributed by atoms with E-state index < -0.39 is 25.2 Å². The smallest absolute Gasteiger partial charge is 0.830 e. The molecule has 1 spiro atoms. The molecule has 2 atom stereocenters. The first-order chi connectivity index (χ1) is 8.58. The van der Waals surface area contributed by atoms with Crippen LogP contribution in [0.5, 0.6) is 0 Å². The molecule has 0 aromatic rings. The summed E-state index contributed by atoms with van der Waals surface area (Å²) in [6, 6.07) is 0. The van der Waals surface area contributed by atoms with Gasteiger partial charge in [0, 0.05) is 6.23 Å². The predicted molar refractivity (Wildman–Crippen MR) is 57.2 cm³/mol. The van der Waals surface area contributed by atoms with E-state index in [0.29, 0.717) is 5.82 Å². The fourth-order valence-corrected chi connectivity index (χ4v) is 2.36. The fourth-order valence-electron chi connectivity index (χ4n) is 2.36. The summed E-state index contributed by atoms with van der Waals surface area (Å²) in [4.78, 5) is 7.66. The Bertz CT molecular complexity index is 483. The molecule has 0 amide bonds. The summed E-state index contributed by atoms with van der Waals surface area (Å²) in [5.41, 5.74) is 4.50. The van der Waals surface area contributed by atoms with E-state index >= 15 is 0 Å². The molecule has 3 aliphatic heterocycles. The number of fused-ring (bicyclic) bond motifs is 1. The van der Waals surface area contributed by atoms with Crippen LogP contribution in [-0.4, -0.2) is 58.9 Å². The molecule has 98 valence electrons. The van der Waals surface area contributed by atoms with E-state index in [0.717, 1.165) is 0 Å². The molecule has 10 heteroatoms. The Morgan fingerprint density at radius 3 is 2.79 bits per heavy atom. The maximum atomic E-state index is 11.7. The minimum absolute atomic E-state index is 0. The molecule has 0 radical (unpaired) electrons. The SMILES string of the molecule is NC1=NC([O-])C2=C(N1)[N+]1(C=N2)COC1(CO)CO.[Na+]. The molecule has 5 N–H and O–H groups in total. The van der Waals surface area contributed by atoms with E-state index in [1.165, 1.54) is 6.34 Å². The Labute approximate surface area is 131 Å². The summed E-state index contributed by atoms with van der Waals surface area (Å²) < 4.78 is 5.23. The van der Waals surface area contributed by atoms with Crippen molar-refractivity contribution in [1.29, 1.82) is 0 Å². The zero-order valence-corrected chi connectivity index (χ0v) is 12.4. The number of aliphatic hydroxyl groups excluding tert-OH is 2. The monoisotopic (exact) mass is 278 g/mol. The van der Waals surface area contributed by atoms with Crippen molar-refractivity contribution in [2.45, 2.75) is 12.0 Å². The third kappa shape index (κ3) is 1.71. The summed E-state index contributed by atoms with van der Waals surface area (Å²) >= 11 is 0. The van der Waals surface area contributed by atoms with Crippen molar-refractivity contribution < 1.29 is 54.1 Å². The molecule has 1 fully saturated rings. The Morgan fingerprint density at radius 2 is 2.26 bits per heavy atom. The number of nitrogens with one attached hydrogen (secondary N) is 1. The van der Waals surface area contributed by atoms with Crippen LogP contribution in [-0.2, 0) is 4.74 Å². The standard InChI is InChI=1S/C9H13N5O4.Na/c10-8-12-6-5(7(17)13-8)11-3-14(6)4-18-9(14,1-15)2-16;/h3,7,15-16H,1-2,4H2,(H3,10,12,13);/q;+1. The van der Waals surface area contributed by atoms with Crippen molar-refractivity contribution in [2.75, 3.05) is 19.9 Å². The van der Waals surface area contributed by atoms with Gasteiger partial charge in [0.2, 0.25) is 18.9 Å². The number of ether oxygens (including phenoxy) is 1. The van der Waals surface area contributed by atoms with E-state index in [2.05, 4.69) is 15.3 Å². The second-order valence-electron chi connectivity index (χ2n) is 4.37. The number of aliphatic imine (C=N–C) groups is 2. The van der Waals surface area contributed by atoms with Crippen molar-refractivity contribution in [1.82, 2.24) is 5.32 Å². The normalized spacial score (nSPS) is 34.3. The van der Waals surface area contributed by atoms with Crippen LogP contribution in [0.3, 0.4) is 0 Å². The Hall–Kier alpha value is -0.520. The van der Waals surface area contributed by atoms with Gasteiger partial charge in [-0.05, 0) is 0 Å². The van der Waals surface area contributed by atoms with Gasteiger partial charge in [-0.25, -0.2) is 0 Å². The molecular weight excluding hydrogens is 265 g/mol. The molecule has 1 saturated heterocycles. The van der Waals surface area contributed by atoms with Crippen molar-refractivity contribution >= 4 is 12.3 Å². The second kappa shape index (κ2) is 4.79. The first kappa shape index (κ1) is 14.9. The molecule has 3 rings (SSSR count). The molecular formula is C9H13N5NaO4+. The van der Waals surface area contributed by atoms with Crippen LogP contribution >= 0.6 is 0 Å². The van der Waals surface area contributed by atoms with Crippen molar-refractivity contribution in [3.8, 4) is 0 Å². The molecule has 0 bridgehead atoms. The number of nitrogens with zero attached hydrogens (tertiary/aromatic N) is 3. The summed E-state index contributed by atoms with van der Waals surface area (Å²) in [5.74, 6) is 0.408. The number of quaternary nitrogens is 1. The molecule has 0 aromatic heterocycles. The number of guanidine groups is 1. The van der Waals surface area contributed by atoms with Gasteiger partial charge in [0.05, 0.1) is 0 Å². The minimum Gasteiger partial charge on any atom is -0.830 e. The van der Waals surface area contributed by atoms with Gasteiger partial charge in [0.15, 0.2) is 5.96 Å². The van der Waals surface area contributed by atoms with Crippen LogP contribution in [0.2, 0.25) is 0 Å². The second-order valence-corrected chi connectivity index (χ2v) is 4.37. The van der Waals surface area contributed by atoms with Crippen molar-refractivity contribution in [2.24, 2.45) is 15.7 Å². The molecule has 0 saturated carbocycles. The summed E-state index contributed by atoms with van der Waals surface area (Å²) in [6.45, 7) is -0.653. The Kier molecular flexibility index (Phi) is 3.75. The Balaban J connectivity index is 0.00000133. The van der Waals surface area contributed by atoms with E-state index in [-0.39, 0.29) is 52.4 Å². The van der Waals surface area contributed by atoms with Crippen molar-refractivity contribution in [3.63, 3.8) is 0 Å². The summed E-state index contributed by atoms with van der Waals surface area (Å²) in [5, 5.41) is 33.4. The minimum atomic E-state index is -1.40. The summed E-state index contributed by atoms with van der Waals surface area (Å²) in [6.07, 6.45) is 0.0674. The van der Waals surface area contributed by atoms with E-state index in [9.17, 15) is 15.3 Å². The topological polar surface area (TPSA) is 136 Å². The van der Waals surface area contributed by atoms with Gasteiger partial charge < -0.3 is 21.1 Å². The molecule has 3 heterocycles. The third-order valence-electron chi connectivity index (χ3n) is 3.53. The van der Waals surface area contributed by atoms with Gasteiger partial charge in [-0.1, -0.05) is 0 Å². The number of aliphatic hydroxyl groups is 2. The predicted octanol–water partition coefficient (Wildman–Crippen LogP) is -6.71. The molecule has 0 aromatic carbocycles. The molecule has 0 aliphatic carbocycles. The van der Waals surface area contributed by atoms with Crippen LogP contribution < -0.4 is 45.7 Å². The maximum Gasteiger partial charge on any atom is 1.00 e. The van der Waals surface area contributed by atoms with Crippen LogP contribution in [0.4, 0.5) is 0 Å². The first-order valence-electron chi connectivity index (χ1n) is 5.38. The van der Waals surface area contributed by atoms with E-state index in [4.69, 9.17) is 10.5 Å². The first-order valence-corrected chi connectivity index (χ1v) is 5.38. The fraction of sp³-hybridized carbons (Fsp3) is 0.556. The van der Waals surface area contributed by atoms with Crippen LogP contribution in [0.25, 0.3) is 0 Å². The van der Waals surface area contributed by atoms with Crippen LogP contribution in [0.1, 0.15) is 0 Å². The van der Waals surface area contributed by atoms with E-state index in [1.54, 1.807) is 0 Å². The third-order valence-corrected chi connectivity index (χ3v) is 3.53. The summed E-state index contributed by atoms with van der Waals surface area (Å²) in [7, 11) is 0. The molecule has 19 heavy (non-hydrogen) atoms. The van der Waals surface area contributed by atoms with Gasteiger partial charge in [-0.15, -0.1) is 0 Å². The van der Waals surface area contributed by atoms with Gasteiger partial charge in [-0.3, -0.25) is 15.0 Å². The van der Waals surface area contributed by atoms with Gasteiger partial charge in [0.1, 0.15) is 18.9 Å².